The molecule has 4 heteroatoms. The van der Waals surface area contributed by atoms with Crippen LogP contribution in [0.2, 0.25) is 0 Å². The zero-order chi connectivity index (χ0) is 11.3. The van der Waals surface area contributed by atoms with Crippen LogP contribution in [0.5, 0.6) is 0 Å². The van der Waals surface area contributed by atoms with Crippen LogP contribution in [0.4, 0.5) is 5.00 Å². The van der Waals surface area contributed by atoms with Gasteiger partial charge in [-0.3, -0.25) is 0 Å². The third-order valence-electron chi connectivity index (χ3n) is 2.52. The van der Waals surface area contributed by atoms with Gasteiger partial charge in [0, 0.05) is 16.4 Å². The molecule has 0 aromatic carbocycles. The first-order valence-corrected chi connectivity index (χ1v) is 6.93. The molecule has 0 bridgehead atoms. The summed E-state index contributed by atoms with van der Waals surface area (Å²) in [5.74, 6) is 1.38. The van der Waals surface area contributed by atoms with E-state index in [0.29, 0.717) is 11.8 Å². The van der Waals surface area contributed by atoms with Crippen LogP contribution in [0.1, 0.15) is 13.8 Å². The average Bonchev–Trinajstić information content (AvgIpc) is 2.58. The minimum absolute atomic E-state index is 0.677. The summed E-state index contributed by atoms with van der Waals surface area (Å²) in [7, 11) is 2.01. The molecule has 0 saturated heterocycles. The van der Waals surface area contributed by atoms with E-state index in [1.54, 1.807) is 11.3 Å². The van der Waals surface area contributed by atoms with Crippen molar-refractivity contribution in [3.05, 3.63) is 15.9 Å². The van der Waals surface area contributed by atoms with Crippen LogP contribution in [-0.4, -0.2) is 20.1 Å². The molecule has 86 valence electrons. The Balaban J connectivity index is 2.39. The van der Waals surface area contributed by atoms with Crippen LogP contribution in [0, 0.1) is 11.8 Å². The van der Waals surface area contributed by atoms with Crippen LogP contribution in [-0.2, 0) is 0 Å². The molecule has 0 aliphatic carbocycles. The molecule has 0 fully saturated rings. The molecule has 1 heterocycles. The summed E-state index contributed by atoms with van der Waals surface area (Å²) in [6.07, 6.45) is 0. The zero-order valence-electron chi connectivity index (χ0n) is 9.51. The minimum Gasteiger partial charge on any atom is -0.377 e. The Morgan fingerprint density at radius 3 is 2.60 bits per heavy atom. The van der Waals surface area contributed by atoms with Crippen molar-refractivity contribution in [1.82, 2.24) is 5.32 Å². The molecule has 0 amide bonds. The Morgan fingerprint density at radius 2 is 2.13 bits per heavy atom. The summed E-state index contributed by atoms with van der Waals surface area (Å²) < 4.78 is 1.16. The first-order valence-electron chi connectivity index (χ1n) is 5.26. The molecule has 0 spiro atoms. The number of thiophene rings is 1. The molecule has 2 N–H and O–H groups in total. The highest BCUT2D eigenvalue weighted by molar-refractivity contribution is 9.10. The van der Waals surface area contributed by atoms with Crippen molar-refractivity contribution < 1.29 is 0 Å². The molecule has 1 aromatic rings. The highest BCUT2D eigenvalue weighted by Crippen LogP contribution is 2.25. The van der Waals surface area contributed by atoms with Gasteiger partial charge >= 0.3 is 0 Å². The van der Waals surface area contributed by atoms with E-state index < -0.39 is 0 Å². The largest absolute Gasteiger partial charge is 0.377 e. The third kappa shape index (κ3) is 4.53. The van der Waals surface area contributed by atoms with Crippen LogP contribution in [0.3, 0.4) is 0 Å². The van der Waals surface area contributed by atoms with Crippen molar-refractivity contribution >= 4 is 32.3 Å². The van der Waals surface area contributed by atoms with Gasteiger partial charge in [-0.25, -0.2) is 0 Å². The molecular weight excluding hydrogens is 272 g/mol. The summed E-state index contributed by atoms with van der Waals surface area (Å²) in [6.45, 7) is 6.64. The number of halogens is 1. The van der Waals surface area contributed by atoms with Crippen LogP contribution in [0.15, 0.2) is 15.9 Å². The van der Waals surface area contributed by atoms with E-state index in [-0.39, 0.29) is 0 Å². The molecule has 2 nitrogen and oxygen atoms in total. The van der Waals surface area contributed by atoms with Gasteiger partial charge in [0.15, 0.2) is 0 Å². The smallest absolute Gasteiger partial charge is 0.0894 e. The Bertz CT molecular complexity index is 286. The predicted octanol–water partition coefficient (Wildman–Crippen LogP) is 3.41. The SMILES string of the molecule is CNCC(CNc1cc(Br)cs1)C(C)C. The standard InChI is InChI=1S/C11H19BrN2S/c1-8(2)9(5-13-3)6-14-11-4-10(12)7-15-11/h4,7-9,13-14H,5-6H2,1-3H3. The average molecular weight is 291 g/mol. The molecule has 1 atom stereocenters. The second-order valence-electron chi connectivity index (χ2n) is 4.07. The quantitative estimate of drug-likeness (QED) is 0.839. The van der Waals surface area contributed by atoms with E-state index in [1.165, 1.54) is 5.00 Å². The van der Waals surface area contributed by atoms with Gasteiger partial charge in [0.2, 0.25) is 0 Å². The molecule has 1 rings (SSSR count). The maximum absolute atomic E-state index is 3.48. The number of anilines is 1. The van der Waals surface area contributed by atoms with Gasteiger partial charge in [-0.2, -0.15) is 0 Å². The lowest BCUT2D eigenvalue weighted by Crippen LogP contribution is -2.29. The van der Waals surface area contributed by atoms with Gasteiger partial charge < -0.3 is 10.6 Å². The normalized spacial score (nSPS) is 13.1. The summed E-state index contributed by atoms with van der Waals surface area (Å²) >= 11 is 5.20. The number of hydrogen-bond donors (Lipinski definition) is 2. The Kier molecular flexibility index (Phi) is 5.64. The van der Waals surface area contributed by atoms with Crippen molar-refractivity contribution in [2.75, 3.05) is 25.5 Å². The van der Waals surface area contributed by atoms with Crippen LogP contribution < -0.4 is 10.6 Å². The van der Waals surface area contributed by atoms with Crippen molar-refractivity contribution in [1.29, 1.82) is 0 Å². The molecule has 0 saturated carbocycles. The molecule has 0 aliphatic heterocycles. The highest BCUT2D eigenvalue weighted by atomic mass is 79.9. The fourth-order valence-electron chi connectivity index (χ4n) is 1.44. The van der Waals surface area contributed by atoms with Crippen LogP contribution in [0.25, 0.3) is 0 Å². The Labute approximate surface area is 105 Å². The van der Waals surface area contributed by atoms with Crippen molar-refractivity contribution in [3.63, 3.8) is 0 Å². The molecule has 15 heavy (non-hydrogen) atoms. The lowest BCUT2D eigenvalue weighted by molar-refractivity contribution is 0.391. The van der Waals surface area contributed by atoms with Gasteiger partial charge in [-0.15, -0.1) is 11.3 Å². The highest BCUT2D eigenvalue weighted by Gasteiger charge is 2.12. The second kappa shape index (κ2) is 6.51. The summed E-state index contributed by atoms with van der Waals surface area (Å²) in [5, 5.41) is 10.1. The molecule has 1 aromatic heterocycles. The summed E-state index contributed by atoms with van der Waals surface area (Å²) in [6, 6.07) is 2.13. The van der Waals surface area contributed by atoms with Crippen molar-refractivity contribution in [2.45, 2.75) is 13.8 Å². The summed E-state index contributed by atoms with van der Waals surface area (Å²) in [5.41, 5.74) is 0. The lowest BCUT2D eigenvalue weighted by atomic mass is 9.96. The Morgan fingerprint density at radius 1 is 1.40 bits per heavy atom. The second-order valence-corrected chi connectivity index (χ2v) is 5.90. The van der Waals surface area contributed by atoms with E-state index in [0.717, 1.165) is 17.6 Å². The topological polar surface area (TPSA) is 24.1 Å². The van der Waals surface area contributed by atoms with E-state index in [4.69, 9.17) is 0 Å². The maximum Gasteiger partial charge on any atom is 0.0894 e. The van der Waals surface area contributed by atoms with E-state index in [1.807, 2.05) is 7.05 Å². The van der Waals surface area contributed by atoms with Crippen molar-refractivity contribution in [3.8, 4) is 0 Å². The molecule has 0 aliphatic rings. The van der Waals surface area contributed by atoms with E-state index >= 15 is 0 Å². The fourth-order valence-corrected chi connectivity index (χ4v) is 2.77. The van der Waals surface area contributed by atoms with Crippen LogP contribution >= 0.6 is 27.3 Å². The van der Waals surface area contributed by atoms with Gasteiger partial charge in [-0.05, 0) is 47.4 Å². The van der Waals surface area contributed by atoms with Gasteiger partial charge in [0.1, 0.15) is 0 Å². The number of hydrogen-bond acceptors (Lipinski definition) is 3. The lowest BCUT2D eigenvalue weighted by Gasteiger charge is -2.20. The monoisotopic (exact) mass is 290 g/mol. The van der Waals surface area contributed by atoms with Gasteiger partial charge in [-0.1, -0.05) is 13.8 Å². The van der Waals surface area contributed by atoms with E-state index in [2.05, 4.69) is 51.9 Å². The zero-order valence-corrected chi connectivity index (χ0v) is 11.9. The van der Waals surface area contributed by atoms with E-state index in [9.17, 15) is 0 Å². The van der Waals surface area contributed by atoms with Crippen molar-refractivity contribution in [2.24, 2.45) is 11.8 Å². The van der Waals surface area contributed by atoms with Gasteiger partial charge in [0.25, 0.3) is 0 Å². The molecular formula is C11H19BrN2S. The van der Waals surface area contributed by atoms with Gasteiger partial charge in [0.05, 0.1) is 5.00 Å². The predicted molar refractivity (Wildman–Crippen MR) is 72.8 cm³/mol. The Hall–Kier alpha value is -0.0600. The number of rotatable bonds is 6. The molecule has 0 radical (unpaired) electrons. The summed E-state index contributed by atoms with van der Waals surface area (Å²) in [4.78, 5) is 0. The first kappa shape index (κ1) is 13.0. The first-order chi connectivity index (χ1) is 7.13. The number of nitrogens with one attached hydrogen (secondary N) is 2. The minimum atomic E-state index is 0.677. The fraction of sp³-hybridized carbons (Fsp3) is 0.636. The third-order valence-corrected chi connectivity index (χ3v) is 4.16. The maximum atomic E-state index is 3.48. The molecule has 1 unspecified atom stereocenters.